The van der Waals surface area contributed by atoms with Crippen molar-refractivity contribution in [3.05, 3.63) is 64.7 Å². The van der Waals surface area contributed by atoms with E-state index in [2.05, 4.69) is 20.9 Å². The second-order valence-electron chi connectivity index (χ2n) is 4.93. The molecule has 2 aromatic rings. The van der Waals surface area contributed by atoms with Crippen molar-refractivity contribution < 1.29 is 4.39 Å². The third-order valence-electron chi connectivity index (χ3n) is 3.67. The fraction of sp³-hybridized carbons (Fsp3) is 0.200. The van der Waals surface area contributed by atoms with Gasteiger partial charge >= 0.3 is 0 Å². The van der Waals surface area contributed by atoms with Gasteiger partial charge in [-0.25, -0.2) is 14.1 Å². The maximum absolute atomic E-state index is 14.2. The predicted octanol–water partition coefficient (Wildman–Crippen LogP) is 3.68. The van der Waals surface area contributed by atoms with Crippen LogP contribution in [0.5, 0.6) is 0 Å². The van der Waals surface area contributed by atoms with Crippen molar-refractivity contribution in [2.24, 2.45) is 0 Å². The predicted molar refractivity (Wildman–Crippen MR) is 78.6 cm³/mol. The zero-order chi connectivity index (χ0) is 13.5. The van der Waals surface area contributed by atoms with Gasteiger partial charge in [-0.2, -0.15) is 10.9 Å². The molecule has 0 saturated carbocycles. The molecular formula is C15H14FN3S. The van der Waals surface area contributed by atoms with Gasteiger partial charge in [-0.05, 0) is 16.4 Å². The molecule has 2 aliphatic heterocycles. The molecule has 1 aromatic heterocycles. The van der Waals surface area contributed by atoms with E-state index in [1.54, 1.807) is 4.68 Å². The molecule has 4 rings (SSSR count). The Balaban J connectivity index is 1.75. The number of nitrogens with zero attached hydrogens (tertiary/aromatic N) is 3. The van der Waals surface area contributed by atoms with Crippen molar-refractivity contribution in [2.75, 3.05) is 0 Å². The number of halogens is 1. The molecule has 0 bridgehead atoms. The first-order chi connectivity index (χ1) is 9.83. The molecule has 0 spiro atoms. The van der Waals surface area contributed by atoms with Gasteiger partial charge in [0, 0.05) is 6.42 Å². The monoisotopic (exact) mass is 287 g/mol. The highest BCUT2D eigenvalue weighted by molar-refractivity contribution is 8.22. The molecule has 3 nitrogen and oxygen atoms in total. The minimum Gasteiger partial charge on any atom is -0.239 e. The summed E-state index contributed by atoms with van der Waals surface area (Å²) in [6, 6.07) is 9.93. The number of fused-ring (bicyclic) bond motifs is 1. The van der Waals surface area contributed by atoms with Gasteiger partial charge in [-0.15, -0.1) is 5.10 Å². The first kappa shape index (κ1) is 11.9. The number of thiol groups is 1. The third kappa shape index (κ3) is 1.81. The highest BCUT2D eigenvalue weighted by Crippen LogP contribution is 2.44. The molecule has 5 heteroatoms. The summed E-state index contributed by atoms with van der Waals surface area (Å²) >= 11 is 0. The van der Waals surface area contributed by atoms with Crippen LogP contribution in [0.15, 0.2) is 58.5 Å². The van der Waals surface area contributed by atoms with Crippen molar-refractivity contribution >= 4 is 10.9 Å². The standard InChI is InChI=1S/C15H14FN3S/c16-12-10-13(11-6-2-1-3-7-11)19-14(12)17-15(18-19)20-8-4-5-9-20/h1-9,12-13,20H,10H2/t12-,13-/m0/s1. The Kier molecular flexibility index (Phi) is 2.73. The molecule has 0 amide bonds. The van der Waals surface area contributed by atoms with Gasteiger partial charge in [0.2, 0.25) is 0 Å². The van der Waals surface area contributed by atoms with Crippen LogP contribution in [0, 0.1) is 0 Å². The first-order valence-corrected chi connectivity index (χ1v) is 8.10. The summed E-state index contributed by atoms with van der Waals surface area (Å²) in [6.45, 7) is 0. The van der Waals surface area contributed by atoms with Crippen LogP contribution in [-0.2, 0) is 0 Å². The molecule has 20 heavy (non-hydrogen) atoms. The summed E-state index contributed by atoms with van der Waals surface area (Å²) < 4.78 is 16.0. The van der Waals surface area contributed by atoms with Crippen LogP contribution in [0.25, 0.3) is 0 Å². The van der Waals surface area contributed by atoms with E-state index in [1.807, 2.05) is 42.5 Å². The van der Waals surface area contributed by atoms with Crippen molar-refractivity contribution in [2.45, 2.75) is 23.8 Å². The third-order valence-corrected chi connectivity index (χ3v) is 5.31. The van der Waals surface area contributed by atoms with E-state index in [0.29, 0.717) is 12.2 Å². The van der Waals surface area contributed by atoms with Gasteiger partial charge in [0.15, 0.2) is 17.2 Å². The van der Waals surface area contributed by atoms with Crippen LogP contribution < -0.4 is 0 Å². The fourth-order valence-electron chi connectivity index (χ4n) is 2.70. The summed E-state index contributed by atoms with van der Waals surface area (Å²) in [7, 11) is -0.585. The molecule has 0 N–H and O–H groups in total. The zero-order valence-corrected chi connectivity index (χ0v) is 11.6. The molecule has 3 heterocycles. The number of hydrogen-bond donors (Lipinski definition) is 1. The van der Waals surface area contributed by atoms with Crippen LogP contribution in [0.4, 0.5) is 4.39 Å². The number of benzene rings is 1. The van der Waals surface area contributed by atoms with Crippen molar-refractivity contribution in [3.8, 4) is 0 Å². The molecule has 1 aromatic carbocycles. The highest BCUT2D eigenvalue weighted by atomic mass is 32.2. The average molecular weight is 287 g/mol. The molecule has 0 fully saturated rings. The fourth-order valence-corrected chi connectivity index (χ4v) is 4.05. The van der Waals surface area contributed by atoms with Gasteiger partial charge in [-0.1, -0.05) is 42.5 Å². The molecule has 0 radical (unpaired) electrons. The lowest BCUT2D eigenvalue weighted by Gasteiger charge is -2.12. The molecule has 2 aliphatic rings. The molecule has 2 atom stereocenters. The quantitative estimate of drug-likeness (QED) is 0.854. The van der Waals surface area contributed by atoms with E-state index in [9.17, 15) is 4.39 Å². The van der Waals surface area contributed by atoms with Gasteiger partial charge in [-0.3, -0.25) is 0 Å². The Morgan fingerprint density at radius 1 is 1.15 bits per heavy atom. The number of alkyl halides is 1. The van der Waals surface area contributed by atoms with Gasteiger partial charge in [0.25, 0.3) is 0 Å². The first-order valence-electron chi connectivity index (χ1n) is 6.62. The molecule has 0 unspecified atom stereocenters. The molecular weight excluding hydrogens is 273 g/mol. The number of hydrogen-bond acceptors (Lipinski definition) is 2. The maximum Gasteiger partial charge on any atom is 0.196 e. The normalized spacial score (nSPS) is 25.4. The Labute approximate surface area is 119 Å². The zero-order valence-electron chi connectivity index (χ0n) is 10.7. The van der Waals surface area contributed by atoms with E-state index in [-0.39, 0.29) is 6.04 Å². The van der Waals surface area contributed by atoms with Gasteiger partial charge in [0.05, 0.1) is 6.04 Å². The summed E-state index contributed by atoms with van der Waals surface area (Å²) in [6.07, 6.45) is 3.41. The maximum atomic E-state index is 14.2. The highest BCUT2D eigenvalue weighted by Gasteiger charge is 2.35. The Hall–Kier alpha value is -1.88. The smallest absolute Gasteiger partial charge is 0.196 e. The Morgan fingerprint density at radius 3 is 2.65 bits per heavy atom. The number of rotatable bonds is 2. The second kappa shape index (κ2) is 4.59. The van der Waals surface area contributed by atoms with Crippen molar-refractivity contribution in [3.63, 3.8) is 0 Å². The SMILES string of the molecule is F[C@H]1C[C@@H](c2ccccc2)n2nc([SH]3C=CC=C3)nc21. The van der Waals surface area contributed by atoms with Crippen LogP contribution >= 0.6 is 10.9 Å². The largest absolute Gasteiger partial charge is 0.239 e. The van der Waals surface area contributed by atoms with E-state index in [0.717, 1.165) is 10.7 Å². The van der Waals surface area contributed by atoms with Crippen LogP contribution in [0.1, 0.15) is 30.0 Å². The van der Waals surface area contributed by atoms with Crippen LogP contribution in [-0.4, -0.2) is 14.8 Å². The minimum atomic E-state index is -1.02. The lowest BCUT2D eigenvalue weighted by molar-refractivity contribution is 0.327. The summed E-state index contributed by atoms with van der Waals surface area (Å²) in [5.74, 6) is 0.477. The topological polar surface area (TPSA) is 30.7 Å². The second-order valence-corrected chi connectivity index (χ2v) is 6.75. The lowest BCUT2D eigenvalue weighted by Crippen LogP contribution is -2.07. The summed E-state index contributed by atoms with van der Waals surface area (Å²) in [4.78, 5) is 4.43. The van der Waals surface area contributed by atoms with Crippen LogP contribution in [0.2, 0.25) is 0 Å². The van der Waals surface area contributed by atoms with Gasteiger partial charge < -0.3 is 0 Å². The lowest BCUT2D eigenvalue weighted by atomic mass is 10.0. The van der Waals surface area contributed by atoms with E-state index >= 15 is 0 Å². The van der Waals surface area contributed by atoms with E-state index < -0.39 is 17.1 Å². The summed E-state index contributed by atoms with van der Waals surface area (Å²) in [5, 5.41) is 9.50. The molecule has 102 valence electrons. The van der Waals surface area contributed by atoms with Crippen LogP contribution in [0.3, 0.4) is 0 Å². The summed E-state index contributed by atoms with van der Waals surface area (Å²) in [5.41, 5.74) is 1.09. The Bertz CT molecular complexity index is 680. The van der Waals surface area contributed by atoms with Gasteiger partial charge in [0.1, 0.15) is 0 Å². The van der Waals surface area contributed by atoms with Crippen molar-refractivity contribution in [1.29, 1.82) is 0 Å². The van der Waals surface area contributed by atoms with Crippen molar-refractivity contribution in [1.82, 2.24) is 14.8 Å². The van der Waals surface area contributed by atoms with E-state index in [4.69, 9.17) is 0 Å². The molecule has 0 aliphatic carbocycles. The Morgan fingerprint density at radius 2 is 1.90 bits per heavy atom. The average Bonchev–Trinajstić information content (AvgIpc) is 3.17. The number of allylic oxidation sites excluding steroid dienone is 2. The van der Waals surface area contributed by atoms with E-state index in [1.165, 1.54) is 0 Å². The molecule has 0 saturated heterocycles. The number of aromatic nitrogens is 3. The minimum absolute atomic E-state index is 0.0342.